The molecule has 1 aromatic rings. The van der Waals surface area contributed by atoms with Crippen molar-refractivity contribution in [3.05, 3.63) is 30.1 Å². The molecule has 1 unspecified atom stereocenters. The molecule has 0 radical (unpaired) electrons. The molecule has 1 aliphatic rings. The number of hydrogen-bond acceptors (Lipinski definition) is 3. The molecule has 5 heteroatoms. The van der Waals surface area contributed by atoms with Crippen LogP contribution in [0, 0.1) is 5.92 Å². The second-order valence-electron chi connectivity index (χ2n) is 4.82. The van der Waals surface area contributed by atoms with Crippen LogP contribution in [0.1, 0.15) is 25.3 Å². The van der Waals surface area contributed by atoms with E-state index in [0.29, 0.717) is 19.5 Å². The Bertz CT molecular complexity index is 447. The number of hydrogen-bond donors (Lipinski definition) is 1. The van der Waals surface area contributed by atoms with Gasteiger partial charge in [-0.1, -0.05) is 13.0 Å². The smallest absolute Gasteiger partial charge is 0.225 e. The first kappa shape index (κ1) is 13.5. The van der Waals surface area contributed by atoms with Gasteiger partial charge in [-0.25, -0.2) is 0 Å². The summed E-state index contributed by atoms with van der Waals surface area (Å²) in [5, 5.41) is 2.87. The molecule has 5 nitrogen and oxygen atoms in total. The van der Waals surface area contributed by atoms with Gasteiger partial charge in [0.2, 0.25) is 11.8 Å². The number of carbonyl (C=O) groups excluding carboxylic acids is 2. The van der Waals surface area contributed by atoms with Crippen LogP contribution in [0.5, 0.6) is 0 Å². The molecule has 0 aliphatic carbocycles. The number of rotatable bonds is 5. The Labute approximate surface area is 113 Å². The van der Waals surface area contributed by atoms with Gasteiger partial charge in [0, 0.05) is 38.4 Å². The lowest BCUT2D eigenvalue weighted by Crippen LogP contribution is -2.32. The number of carbonyl (C=O) groups is 2. The van der Waals surface area contributed by atoms with Crippen LogP contribution < -0.4 is 5.32 Å². The minimum Gasteiger partial charge on any atom is -0.352 e. The van der Waals surface area contributed by atoms with Crippen molar-refractivity contribution in [3.63, 3.8) is 0 Å². The third kappa shape index (κ3) is 3.53. The highest BCUT2D eigenvalue weighted by molar-refractivity contribution is 5.89. The summed E-state index contributed by atoms with van der Waals surface area (Å²) in [6.07, 6.45) is 4.68. The normalized spacial score (nSPS) is 18.7. The van der Waals surface area contributed by atoms with Crippen LogP contribution in [-0.2, 0) is 16.1 Å². The third-order valence-electron chi connectivity index (χ3n) is 3.27. The van der Waals surface area contributed by atoms with E-state index in [1.54, 1.807) is 17.3 Å². The Hall–Kier alpha value is -1.91. The predicted molar refractivity (Wildman–Crippen MR) is 71.1 cm³/mol. The number of nitrogens with zero attached hydrogens (tertiary/aromatic N) is 2. The van der Waals surface area contributed by atoms with E-state index >= 15 is 0 Å². The van der Waals surface area contributed by atoms with Crippen molar-refractivity contribution >= 4 is 11.8 Å². The first-order chi connectivity index (χ1) is 9.20. The predicted octanol–water partition coefficient (Wildman–Crippen LogP) is 0.956. The number of nitrogens with one attached hydrogen (secondary N) is 1. The van der Waals surface area contributed by atoms with E-state index < -0.39 is 0 Å². The second-order valence-corrected chi connectivity index (χ2v) is 4.82. The SMILES string of the molecule is CCCN1CC(C(=O)NCc2cccnc2)CC1=O. The maximum absolute atomic E-state index is 12.0. The van der Waals surface area contributed by atoms with Crippen molar-refractivity contribution in [1.29, 1.82) is 0 Å². The standard InChI is InChI=1S/C14H19N3O2/c1-2-6-17-10-12(7-13(17)18)14(19)16-9-11-4-3-5-15-8-11/h3-5,8,12H,2,6-7,9-10H2,1H3,(H,16,19). The fraction of sp³-hybridized carbons (Fsp3) is 0.500. The van der Waals surface area contributed by atoms with E-state index in [9.17, 15) is 9.59 Å². The first-order valence-corrected chi connectivity index (χ1v) is 6.65. The summed E-state index contributed by atoms with van der Waals surface area (Å²) in [5.74, 6) is -0.171. The largest absolute Gasteiger partial charge is 0.352 e. The van der Waals surface area contributed by atoms with Crippen LogP contribution >= 0.6 is 0 Å². The van der Waals surface area contributed by atoms with Gasteiger partial charge >= 0.3 is 0 Å². The van der Waals surface area contributed by atoms with Crippen LogP contribution in [0.25, 0.3) is 0 Å². The van der Waals surface area contributed by atoms with Gasteiger partial charge in [0.25, 0.3) is 0 Å². The molecule has 1 aliphatic heterocycles. The van der Waals surface area contributed by atoms with Crippen molar-refractivity contribution < 1.29 is 9.59 Å². The number of pyridine rings is 1. The van der Waals surface area contributed by atoms with Crippen LogP contribution in [0.4, 0.5) is 0 Å². The summed E-state index contributed by atoms with van der Waals surface area (Å²) in [7, 11) is 0. The summed E-state index contributed by atoms with van der Waals surface area (Å²) in [6.45, 7) is 3.78. The van der Waals surface area contributed by atoms with E-state index in [1.165, 1.54) is 0 Å². The average Bonchev–Trinajstić information content (AvgIpc) is 2.79. The average molecular weight is 261 g/mol. The highest BCUT2D eigenvalue weighted by Gasteiger charge is 2.33. The van der Waals surface area contributed by atoms with E-state index in [0.717, 1.165) is 18.5 Å². The van der Waals surface area contributed by atoms with E-state index in [1.807, 2.05) is 19.1 Å². The Morgan fingerprint density at radius 2 is 2.42 bits per heavy atom. The maximum atomic E-state index is 12.0. The third-order valence-corrected chi connectivity index (χ3v) is 3.27. The lowest BCUT2D eigenvalue weighted by atomic mass is 10.1. The van der Waals surface area contributed by atoms with E-state index in [-0.39, 0.29) is 17.7 Å². The van der Waals surface area contributed by atoms with Gasteiger partial charge in [-0.3, -0.25) is 14.6 Å². The van der Waals surface area contributed by atoms with Crippen molar-refractivity contribution in [2.75, 3.05) is 13.1 Å². The van der Waals surface area contributed by atoms with Gasteiger partial charge in [-0.15, -0.1) is 0 Å². The zero-order valence-electron chi connectivity index (χ0n) is 11.1. The Morgan fingerprint density at radius 3 is 3.11 bits per heavy atom. The van der Waals surface area contributed by atoms with E-state index in [4.69, 9.17) is 0 Å². The zero-order valence-corrected chi connectivity index (χ0v) is 11.1. The minimum atomic E-state index is -0.212. The first-order valence-electron chi connectivity index (χ1n) is 6.65. The summed E-state index contributed by atoms with van der Waals surface area (Å²) >= 11 is 0. The van der Waals surface area contributed by atoms with Crippen LogP contribution in [0.3, 0.4) is 0 Å². The fourth-order valence-corrected chi connectivity index (χ4v) is 2.27. The molecular weight excluding hydrogens is 242 g/mol. The molecule has 2 heterocycles. The van der Waals surface area contributed by atoms with Gasteiger partial charge in [0.05, 0.1) is 5.92 Å². The summed E-state index contributed by atoms with van der Waals surface area (Å²) in [5.41, 5.74) is 0.964. The molecule has 102 valence electrons. The quantitative estimate of drug-likeness (QED) is 0.858. The van der Waals surface area contributed by atoms with Gasteiger partial charge < -0.3 is 10.2 Å². The van der Waals surface area contributed by atoms with Gasteiger partial charge in [0.15, 0.2) is 0 Å². The highest BCUT2D eigenvalue weighted by atomic mass is 16.2. The summed E-state index contributed by atoms with van der Waals surface area (Å²) in [6, 6.07) is 3.75. The highest BCUT2D eigenvalue weighted by Crippen LogP contribution is 2.18. The van der Waals surface area contributed by atoms with Crippen LogP contribution in [0.2, 0.25) is 0 Å². The lowest BCUT2D eigenvalue weighted by Gasteiger charge is -2.15. The van der Waals surface area contributed by atoms with E-state index in [2.05, 4.69) is 10.3 Å². The molecule has 2 rings (SSSR count). The second kappa shape index (κ2) is 6.31. The van der Waals surface area contributed by atoms with Gasteiger partial charge in [-0.2, -0.15) is 0 Å². The molecule has 0 saturated carbocycles. The molecule has 1 saturated heterocycles. The lowest BCUT2D eigenvalue weighted by molar-refractivity contribution is -0.129. The molecule has 2 amide bonds. The number of aromatic nitrogens is 1. The molecule has 1 N–H and O–H groups in total. The number of amides is 2. The van der Waals surface area contributed by atoms with Crippen molar-refractivity contribution in [2.45, 2.75) is 26.3 Å². The van der Waals surface area contributed by atoms with Crippen molar-refractivity contribution in [3.8, 4) is 0 Å². The van der Waals surface area contributed by atoms with Crippen LogP contribution in [-0.4, -0.2) is 34.8 Å². The summed E-state index contributed by atoms with van der Waals surface area (Å²) in [4.78, 5) is 29.5. The monoisotopic (exact) mass is 261 g/mol. The molecule has 1 fully saturated rings. The Balaban J connectivity index is 1.83. The molecule has 0 spiro atoms. The molecule has 0 aromatic carbocycles. The molecular formula is C14H19N3O2. The van der Waals surface area contributed by atoms with Crippen molar-refractivity contribution in [1.82, 2.24) is 15.2 Å². The fourth-order valence-electron chi connectivity index (χ4n) is 2.27. The zero-order chi connectivity index (χ0) is 13.7. The van der Waals surface area contributed by atoms with Gasteiger partial charge in [-0.05, 0) is 18.1 Å². The summed E-state index contributed by atoms with van der Waals surface area (Å²) < 4.78 is 0. The molecule has 1 atom stereocenters. The Morgan fingerprint density at radius 1 is 1.58 bits per heavy atom. The molecule has 0 bridgehead atoms. The maximum Gasteiger partial charge on any atom is 0.225 e. The van der Waals surface area contributed by atoms with Gasteiger partial charge in [0.1, 0.15) is 0 Å². The van der Waals surface area contributed by atoms with Crippen molar-refractivity contribution in [2.24, 2.45) is 5.92 Å². The van der Waals surface area contributed by atoms with Crippen LogP contribution in [0.15, 0.2) is 24.5 Å². The topological polar surface area (TPSA) is 62.3 Å². The number of likely N-dealkylation sites (tertiary alicyclic amines) is 1. The Kier molecular flexibility index (Phi) is 4.49. The molecule has 19 heavy (non-hydrogen) atoms. The molecule has 1 aromatic heterocycles. The minimum absolute atomic E-state index is 0.0455.